The van der Waals surface area contributed by atoms with Crippen molar-refractivity contribution in [1.82, 2.24) is 0 Å². The van der Waals surface area contributed by atoms with Gasteiger partial charge in [-0.25, -0.2) is 9.69 Å². The standard InChI is InChI=1S/C19H15NO4/c1-12-3-9-16(10-4-12)24-19(23)14-5-7-15(8-6-14)20-17(21)11-13(2)18(20)22/h3-11H,1-2H3. The van der Waals surface area contributed by atoms with Gasteiger partial charge in [-0.15, -0.1) is 0 Å². The van der Waals surface area contributed by atoms with Crippen LogP contribution in [-0.2, 0) is 9.59 Å². The molecule has 24 heavy (non-hydrogen) atoms. The van der Waals surface area contributed by atoms with Crippen LogP contribution >= 0.6 is 0 Å². The third-order valence-electron chi connectivity index (χ3n) is 3.69. The molecular weight excluding hydrogens is 306 g/mol. The maximum absolute atomic E-state index is 12.1. The van der Waals surface area contributed by atoms with E-state index in [2.05, 4.69) is 0 Å². The predicted molar refractivity (Wildman–Crippen MR) is 88.8 cm³/mol. The van der Waals surface area contributed by atoms with E-state index in [0.717, 1.165) is 10.5 Å². The Hall–Kier alpha value is -3.21. The van der Waals surface area contributed by atoms with Crippen molar-refractivity contribution in [3.8, 4) is 5.75 Å². The molecule has 0 aliphatic carbocycles. The van der Waals surface area contributed by atoms with Gasteiger partial charge in [-0.2, -0.15) is 0 Å². The zero-order chi connectivity index (χ0) is 17.3. The highest BCUT2D eigenvalue weighted by Gasteiger charge is 2.29. The van der Waals surface area contributed by atoms with Crippen LogP contribution in [0.3, 0.4) is 0 Å². The number of benzene rings is 2. The molecule has 5 nitrogen and oxygen atoms in total. The Balaban J connectivity index is 1.75. The maximum atomic E-state index is 12.1. The molecule has 0 saturated heterocycles. The SMILES string of the molecule is CC1=CC(=O)N(c2ccc(C(=O)Oc3ccc(C)cc3)cc2)C1=O. The summed E-state index contributed by atoms with van der Waals surface area (Å²) in [4.78, 5) is 37.0. The lowest BCUT2D eigenvalue weighted by molar-refractivity contribution is -0.120. The van der Waals surface area contributed by atoms with E-state index >= 15 is 0 Å². The highest BCUT2D eigenvalue weighted by atomic mass is 16.5. The maximum Gasteiger partial charge on any atom is 0.343 e. The molecule has 0 fully saturated rings. The van der Waals surface area contributed by atoms with Gasteiger partial charge in [0, 0.05) is 11.6 Å². The number of esters is 1. The molecule has 0 unspecified atom stereocenters. The van der Waals surface area contributed by atoms with Gasteiger partial charge in [0.1, 0.15) is 5.75 Å². The first-order valence-corrected chi connectivity index (χ1v) is 7.41. The molecule has 0 spiro atoms. The first-order valence-electron chi connectivity index (χ1n) is 7.41. The van der Waals surface area contributed by atoms with E-state index < -0.39 is 5.97 Å². The minimum Gasteiger partial charge on any atom is -0.423 e. The molecule has 2 aromatic rings. The lowest BCUT2D eigenvalue weighted by Crippen LogP contribution is -2.30. The van der Waals surface area contributed by atoms with E-state index in [0.29, 0.717) is 22.6 Å². The van der Waals surface area contributed by atoms with Crippen molar-refractivity contribution in [1.29, 1.82) is 0 Å². The fraction of sp³-hybridized carbons (Fsp3) is 0.105. The molecule has 0 aromatic heterocycles. The Bertz CT molecular complexity index is 848. The minimum atomic E-state index is -0.501. The van der Waals surface area contributed by atoms with Crippen LogP contribution < -0.4 is 9.64 Å². The first-order chi connectivity index (χ1) is 11.5. The molecule has 2 aromatic carbocycles. The van der Waals surface area contributed by atoms with Crippen molar-refractivity contribution in [2.45, 2.75) is 13.8 Å². The Morgan fingerprint density at radius 1 is 0.917 bits per heavy atom. The van der Waals surface area contributed by atoms with Crippen LogP contribution in [0.15, 0.2) is 60.2 Å². The fourth-order valence-corrected chi connectivity index (χ4v) is 2.35. The van der Waals surface area contributed by atoms with Crippen LogP contribution in [0.2, 0.25) is 0 Å². The monoisotopic (exact) mass is 321 g/mol. The molecule has 3 rings (SSSR count). The van der Waals surface area contributed by atoms with E-state index in [-0.39, 0.29) is 11.8 Å². The summed E-state index contributed by atoms with van der Waals surface area (Å²) in [5, 5.41) is 0. The Labute approximate surface area is 139 Å². The number of nitrogens with zero attached hydrogens (tertiary/aromatic N) is 1. The van der Waals surface area contributed by atoms with Crippen molar-refractivity contribution in [3.63, 3.8) is 0 Å². The molecule has 1 aliphatic rings. The second-order valence-electron chi connectivity index (χ2n) is 5.56. The zero-order valence-electron chi connectivity index (χ0n) is 13.3. The second-order valence-corrected chi connectivity index (χ2v) is 5.56. The largest absolute Gasteiger partial charge is 0.423 e. The molecular formula is C19H15NO4. The van der Waals surface area contributed by atoms with Crippen molar-refractivity contribution < 1.29 is 19.1 Å². The van der Waals surface area contributed by atoms with Gasteiger partial charge in [0.2, 0.25) is 0 Å². The summed E-state index contributed by atoms with van der Waals surface area (Å²) in [6.45, 7) is 3.54. The van der Waals surface area contributed by atoms with E-state index in [1.807, 2.05) is 19.1 Å². The topological polar surface area (TPSA) is 63.7 Å². The molecule has 5 heteroatoms. The summed E-state index contributed by atoms with van der Waals surface area (Å²) < 4.78 is 5.28. The molecule has 2 amide bonds. The quantitative estimate of drug-likeness (QED) is 0.495. The number of amides is 2. The number of hydrogen-bond donors (Lipinski definition) is 0. The summed E-state index contributed by atoms with van der Waals surface area (Å²) in [7, 11) is 0. The Morgan fingerprint density at radius 3 is 2.08 bits per heavy atom. The molecule has 0 N–H and O–H groups in total. The molecule has 0 radical (unpaired) electrons. The highest BCUT2D eigenvalue weighted by Crippen LogP contribution is 2.23. The molecule has 0 saturated carbocycles. The van der Waals surface area contributed by atoms with Gasteiger partial charge in [0.05, 0.1) is 11.3 Å². The van der Waals surface area contributed by atoms with Crippen molar-refractivity contribution >= 4 is 23.5 Å². The lowest BCUT2D eigenvalue weighted by atomic mass is 10.2. The number of aryl methyl sites for hydroxylation is 1. The van der Waals surface area contributed by atoms with Crippen LogP contribution in [-0.4, -0.2) is 17.8 Å². The van der Waals surface area contributed by atoms with Crippen molar-refractivity contribution in [2.75, 3.05) is 4.90 Å². The molecule has 120 valence electrons. The van der Waals surface area contributed by atoms with Gasteiger partial charge in [-0.3, -0.25) is 9.59 Å². The summed E-state index contributed by atoms with van der Waals surface area (Å²) in [5.74, 6) is -0.777. The molecule has 1 heterocycles. The average molecular weight is 321 g/mol. The number of imide groups is 1. The molecule has 0 atom stereocenters. The second kappa shape index (κ2) is 6.12. The van der Waals surface area contributed by atoms with Gasteiger partial charge in [0.25, 0.3) is 11.8 Å². The smallest absolute Gasteiger partial charge is 0.343 e. The predicted octanol–water partition coefficient (Wildman–Crippen LogP) is 3.03. The summed E-state index contributed by atoms with van der Waals surface area (Å²) in [5.41, 5.74) is 2.22. The van der Waals surface area contributed by atoms with Gasteiger partial charge in [-0.05, 0) is 50.2 Å². The van der Waals surface area contributed by atoms with Gasteiger partial charge in [-0.1, -0.05) is 17.7 Å². The van der Waals surface area contributed by atoms with E-state index in [9.17, 15) is 14.4 Å². The van der Waals surface area contributed by atoms with Crippen LogP contribution in [0.25, 0.3) is 0 Å². The molecule has 0 bridgehead atoms. The highest BCUT2D eigenvalue weighted by molar-refractivity contribution is 6.30. The minimum absolute atomic E-state index is 0.336. The first kappa shape index (κ1) is 15.7. The fourth-order valence-electron chi connectivity index (χ4n) is 2.35. The van der Waals surface area contributed by atoms with Gasteiger partial charge >= 0.3 is 5.97 Å². The summed E-state index contributed by atoms with van der Waals surface area (Å²) in [6.07, 6.45) is 1.29. The van der Waals surface area contributed by atoms with Crippen molar-refractivity contribution in [2.24, 2.45) is 0 Å². The normalized spacial score (nSPS) is 13.9. The summed E-state index contributed by atoms with van der Waals surface area (Å²) in [6, 6.07) is 13.3. The number of carbonyl (C=O) groups is 3. The number of hydrogen-bond acceptors (Lipinski definition) is 4. The summed E-state index contributed by atoms with van der Waals surface area (Å²) >= 11 is 0. The van der Waals surface area contributed by atoms with Crippen molar-refractivity contribution in [3.05, 3.63) is 71.3 Å². The number of anilines is 1. The average Bonchev–Trinajstić information content (AvgIpc) is 2.82. The van der Waals surface area contributed by atoms with Gasteiger partial charge in [0.15, 0.2) is 0 Å². The van der Waals surface area contributed by atoms with Crippen LogP contribution in [0.1, 0.15) is 22.8 Å². The molecule has 1 aliphatic heterocycles. The third-order valence-corrected chi connectivity index (χ3v) is 3.69. The van der Waals surface area contributed by atoms with E-state index in [1.165, 1.54) is 18.2 Å². The Kier molecular flexibility index (Phi) is 4.00. The van der Waals surface area contributed by atoms with Crippen LogP contribution in [0.4, 0.5) is 5.69 Å². The number of rotatable bonds is 3. The lowest BCUT2D eigenvalue weighted by Gasteiger charge is -2.14. The third kappa shape index (κ3) is 2.96. The van der Waals surface area contributed by atoms with Crippen LogP contribution in [0.5, 0.6) is 5.75 Å². The van der Waals surface area contributed by atoms with E-state index in [4.69, 9.17) is 4.74 Å². The van der Waals surface area contributed by atoms with E-state index in [1.54, 1.807) is 31.2 Å². The Morgan fingerprint density at radius 2 is 1.54 bits per heavy atom. The van der Waals surface area contributed by atoms with Crippen LogP contribution in [0, 0.1) is 6.92 Å². The number of carbonyl (C=O) groups excluding carboxylic acids is 3. The number of ether oxygens (including phenoxy) is 1. The van der Waals surface area contributed by atoms with Gasteiger partial charge < -0.3 is 4.74 Å². The zero-order valence-corrected chi connectivity index (χ0v) is 13.3.